The summed E-state index contributed by atoms with van der Waals surface area (Å²) in [5, 5.41) is 3.66. The molecule has 1 saturated heterocycles. The third kappa shape index (κ3) is 5.47. The molecular weight excluding hydrogens is 490 g/mol. The Hall–Kier alpha value is -3.06. The molecule has 0 aliphatic carbocycles. The third-order valence-electron chi connectivity index (χ3n) is 4.84. The quantitative estimate of drug-likeness (QED) is 0.309. The molecule has 1 aliphatic heterocycles. The van der Waals surface area contributed by atoms with Gasteiger partial charge in [-0.3, -0.25) is 9.69 Å². The predicted molar refractivity (Wildman–Crippen MR) is 126 cm³/mol. The molecule has 1 heterocycles. The smallest absolute Gasteiger partial charge is 0.329 e. The van der Waals surface area contributed by atoms with Gasteiger partial charge >= 0.3 is 6.03 Å². The summed E-state index contributed by atoms with van der Waals surface area (Å²) in [7, 11) is 0. The number of amides is 3. The summed E-state index contributed by atoms with van der Waals surface area (Å²) in [6.07, 6.45) is 1.48. The molecule has 5 nitrogen and oxygen atoms in total. The molecule has 9 heteroatoms. The molecule has 0 spiro atoms. The molecule has 1 aliphatic rings. The minimum absolute atomic E-state index is 0.0152. The molecule has 3 aromatic carbocycles. The standard InChI is InChI=1S/C24H16Cl3FN2O3/c25-17-5-1-15(2-6-17)13-33-22-19(26)9-16(10-20(22)27)11-21-23(31)30(24(32)29-21)12-14-3-7-18(28)8-4-14/h1-11H,12-13H2,(H,29,32)/b21-11+. The Morgan fingerprint density at radius 1 is 0.909 bits per heavy atom. The summed E-state index contributed by atoms with van der Waals surface area (Å²) in [5.41, 5.74) is 2.09. The maximum absolute atomic E-state index is 13.1. The molecule has 33 heavy (non-hydrogen) atoms. The molecule has 1 fully saturated rings. The van der Waals surface area contributed by atoms with Gasteiger partial charge in [0.2, 0.25) is 0 Å². The molecule has 1 N–H and O–H groups in total. The van der Waals surface area contributed by atoms with Crippen LogP contribution in [0.25, 0.3) is 6.08 Å². The number of ether oxygens (including phenoxy) is 1. The molecule has 0 aromatic heterocycles. The van der Waals surface area contributed by atoms with E-state index in [-0.39, 0.29) is 28.9 Å². The van der Waals surface area contributed by atoms with Gasteiger partial charge in [0.1, 0.15) is 18.1 Å². The second-order valence-electron chi connectivity index (χ2n) is 7.23. The van der Waals surface area contributed by atoms with Crippen molar-refractivity contribution in [2.75, 3.05) is 0 Å². The van der Waals surface area contributed by atoms with E-state index in [1.165, 1.54) is 30.3 Å². The second kappa shape index (κ2) is 9.83. The molecule has 4 rings (SSSR count). The van der Waals surface area contributed by atoms with Gasteiger partial charge in [-0.15, -0.1) is 0 Å². The fourth-order valence-corrected chi connectivity index (χ4v) is 3.93. The van der Waals surface area contributed by atoms with Crippen molar-refractivity contribution >= 4 is 52.8 Å². The number of hydrogen-bond acceptors (Lipinski definition) is 3. The minimum atomic E-state index is -0.573. The van der Waals surface area contributed by atoms with Crippen molar-refractivity contribution in [3.05, 3.63) is 104 Å². The first-order valence-electron chi connectivity index (χ1n) is 9.75. The Bertz CT molecular complexity index is 1220. The van der Waals surface area contributed by atoms with E-state index in [0.29, 0.717) is 21.9 Å². The van der Waals surface area contributed by atoms with Crippen molar-refractivity contribution in [3.8, 4) is 5.75 Å². The first-order valence-corrected chi connectivity index (χ1v) is 10.9. The summed E-state index contributed by atoms with van der Waals surface area (Å²) in [5.74, 6) is -0.610. The van der Waals surface area contributed by atoms with Gasteiger partial charge in [-0.2, -0.15) is 0 Å². The van der Waals surface area contributed by atoms with Gasteiger partial charge < -0.3 is 10.1 Å². The summed E-state index contributed by atoms with van der Waals surface area (Å²) in [4.78, 5) is 26.0. The maximum atomic E-state index is 13.1. The predicted octanol–water partition coefficient (Wildman–Crippen LogP) is 6.46. The zero-order valence-electron chi connectivity index (χ0n) is 16.9. The van der Waals surface area contributed by atoms with Crippen LogP contribution < -0.4 is 10.1 Å². The van der Waals surface area contributed by atoms with E-state index in [0.717, 1.165) is 10.5 Å². The van der Waals surface area contributed by atoms with E-state index in [4.69, 9.17) is 39.5 Å². The number of nitrogens with zero attached hydrogens (tertiary/aromatic N) is 1. The van der Waals surface area contributed by atoms with Gasteiger partial charge in [0.25, 0.3) is 5.91 Å². The van der Waals surface area contributed by atoms with E-state index in [1.54, 1.807) is 24.3 Å². The number of imide groups is 1. The summed E-state index contributed by atoms with van der Waals surface area (Å²) < 4.78 is 18.8. The van der Waals surface area contributed by atoms with E-state index >= 15 is 0 Å². The largest absolute Gasteiger partial charge is 0.486 e. The Balaban J connectivity index is 1.49. The number of urea groups is 1. The highest BCUT2D eigenvalue weighted by Crippen LogP contribution is 2.35. The van der Waals surface area contributed by atoms with Gasteiger partial charge in [0.05, 0.1) is 16.6 Å². The van der Waals surface area contributed by atoms with Crippen LogP contribution in [0, 0.1) is 5.82 Å². The molecular formula is C24H16Cl3FN2O3. The monoisotopic (exact) mass is 504 g/mol. The highest BCUT2D eigenvalue weighted by atomic mass is 35.5. The number of rotatable bonds is 6. The summed E-state index contributed by atoms with van der Waals surface area (Å²) in [6, 6.07) is 15.3. The van der Waals surface area contributed by atoms with Gasteiger partial charge in [-0.25, -0.2) is 9.18 Å². The van der Waals surface area contributed by atoms with Gasteiger partial charge in [-0.1, -0.05) is 59.1 Å². The molecule has 3 amide bonds. The van der Waals surface area contributed by atoms with Gasteiger partial charge in [-0.05, 0) is 59.2 Å². The van der Waals surface area contributed by atoms with Crippen LogP contribution in [-0.4, -0.2) is 16.8 Å². The number of nitrogens with one attached hydrogen (secondary N) is 1. The molecule has 0 unspecified atom stereocenters. The third-order valence-corrected chi connectivity index (χ3v) is 5.66. The second-order valence-corrected chi connectivity index (χ2v) is 8.49. The lowest BCUT2D eigenvalue weighted by atomic mass is 10.1. The van der Waals surface area contributed by atoms with Crippen molar-refractivity contribution < 1.29 is 18.7 Å². The summed E-state index contributed by atoms with van der Waals surface area (Å²) >= 11 is 18.6. The van der Waals surface area contributed by atoms with Crippen LogP contribution in [0.2, 0.25) is 15.1 Å². The van der Waals surface area contributed by atoms with Gasteiger partial charge in [0.15, 0.2) is 5.75 Å². The normalized spacial score (nSPS) is 14.7. The Labute approximate surface area is 204 Å². The molecule has 0 radical (unpaired) electrons. The van der Waals surface area contributed by atoms with Crippen molar-refractivity contribution in [3.63, 3.8) is 0 Å². The minimum Gasteiger partial charge on any atom is -0.486 e. The number of hydrogen-bond donors (Lipinski definition) is 1. The Morgan fingerprint density at radius 2 is 1.52 bits per heavy atom. The van der Waals surface area contributed by atoms with Crippen LogP contribution >= 0.6 is 34.8 Å². The lowest BCUT2D eigenvalue weighted by Gasteiger charge is -2.12. The average molecular weight is 506 g/mol. The lowest BCUT2D eigenvalue weighted by Crippen LogP contribution is -2.30. The lowest BCUT2D eigenvalue weighted by molar-refractivity contribution is -0.123. The average Bonchev–Trinajstić information content (AvgIpc) is 3.03. The van der Waals surface area contributed by atoms with Crippen LogP contribution in [0.4, 0.5) is 9.18 Å². The first kappa shape index (κ1) is 23.1. The van der Waals surface area contributed by atoms with E-state index < -0.39 is 17.8 Å². The highest BCUT2D eigenvalue weighted by Gasteiger charge is 2.33. The fraction of sp³-hybridized carbons (Fsp3) is 0.0833. The van der Waals surface area contributed by atoms with Crippen LogP contribution in [0.15, 0.2) is 66.4 Å². The van der Waals surface area contributed by atoms with E-state index in [9.17, 15) is 14.0 Å². The van der Waals surface area contributed by atoms with Crippen LogP contribution in [0.1, 0.15) is 16.7 Å². The van der Waals surface area contributed by atoms with Crippen LogP contribution in [0.3, 0.4) is 0 Å². The fourth-order valence-electron chi connectivity index (χ4n) is 3.19. The van der Waals surface area contributed by atoms with E-state index in [1.807, 2.05) is 12.1 Å². The SMILES string of the molecule is O=C1N/C(=C/c2cc(Cl)c(OCc3ccc(Cl)cc3)c(Cl)c2)C(=O)N1Cc1ccc(F)cc1. The Morgan fingerprint density at radius 3 is 2.15 bits per heavy atom. The first-order chi connectivity index (χ1) is 15.8. The number of carbonyl (C=O) groups excluding carboxylic acids is 2. The molecule has 0 saturated carbocycles. The number of benzene rings is 3. The van der Waals surface area contributed by atoms with Crippen LogP contribution in [-0.2, 0) is 17.9 Å². The highest BCUT2D eigenvalue weighted by molar-refractivity contribution is 6.37. The summed E-state index contributed by atoms with van der Waals surface area (Å²) in [6.45, 7) is 0.255. The molecule has 0 atom stereocenters. The number of carbonyl (C=O) groups is 2. The van der Waals surface area contributed by atoms with Crippen molar-refractivity contribution in [1.29, 1.82) is 0 Å². The van der Waals surface area contributed by atoms with Crippen molar-refractivity contribution in [1.82, 2.24) is 10.2 Å². The topological polar surface area (TPSA) is 58.6 Å². The molecule has 0 bridgehead atoms. The molecule has 3 aromatic rings. The van der Waals surface area contributed by atoms with Crippen molar-refractivity contribution in [2.24, 2.45) is 0 Å². The van der Waals surface area contributed by atoms with Gasteiger partial charge in [0, 0.05) is 5.02 Å². The maximum Gasteiger partial charge on any atom is 0.329 e. The zero-order chi connectivity index (χ0) is 23.5. The van der Waals surface area contributed by atoms with Crippen LogP contribution in [0.5, 0.6) is 5.75 Å². The molecule has 168 valence electrons. The van der Waals surface area contributed by atoms with Crippen molar-refractivity contribution in [2.45, 2.75) is 13.2 Å². The number of halogens is 4. The Kier molecular flexibility index (Phi) is 6.88. The van der Waals surface area contributed by atoms with E-state index in [2.05, 4.69) is 5.32 Å². The zero-order valence-corrected chi connectivity index (χ0v) is 19.2.